The molecule has 2 unspecified atom stereocenters. The second kappa shape index (κ2) is 6.08. The molecule has 1 amide bonds. The molecule has 1 fully saturated rings. The largest absolute Gasteiger partial charge is 0.340 e. The van der Waals surface area contributed by atoms with Crippen LogP contribution in [0.15, 0.2) is 29.7 Å². The lowest BCUT2D eigenvalue weighted by Gasteiger charge is -2.35. The summed E-state index contributed by atoms with van der Waals surface area (Å²) in [7, 11) is 0. The van der Waals surface area contributed by atoms with Crippen molar-refractivity contribution in [3.8, 4) is 0 Å². The van der Waals surface area contributed by atoms with Crippen molar-refractivity contribution in [1.29, 1.82) is 0 Å². The van der Waals surface area contributed by atoms with Crippen LogP contribution in [0.2, 0.25) is 0 Å². The summed E-state index contributed by atoms with van der Waals surface area (Å²) in [4.78, 5) is 18.2. The molecule has 0 saturated carbocycles. The van der Waals surface area contributed by atoms with Gasteiger partial charge in [-0.1, -0.05) is 18.2 Å². The summed E-state index contributed by atoms with van der Waals surface area (Å²) in [6, 6.07) is 4.33. The van der Waals surface area contributed by atoms with Crippen molar-refractivity contribution in [2.75, 3.05) is 26.2 Å². The first-order valence-corrected chi connectivity index (χ1v) is 8.08. The van der Waals surface area contributed by atoms with Crippen LogP contribution in [0.5, 0.6) is 0 Å². The predicted octanol–water partition coefficient (Wildman–Crippen LogP) is 1.30. The van der Waals surface area contributed by atoms with Gasteiger partial charge in [-0.25, -0.2) is 0 Å². The van der Waals surface area contributed by atoms with E-state index in [0.717, 1.165) is 39.1 Å². The molecule has 1 aliphatic carbocycles. The monoisotopic (exact) mass is 291 g/mol. The van der Waals surface area contributed by atoms with Gasteiger partial charge in [-0.3, -0.25) is 9.69 Å². The number of piperazine rings is 1. The van der Waals surface area contributed by atoms with Crippen LogP contribution in [0.25, 0.3) is 0 Å². The van der Waals surface area contributed by atoms with Gasteiger partial charge in [-0.15, -0.1) is 11.3 Å². The molecule has 2 aliphatic rings. The van der Waals surface area contributed by atoms with E-state index in [1.54, 1.807) is 11.3 Å². The van der Waals surface area contributed by atoms with Gasteiger partial charge in [-0.05, 0) is 17.9 Å². The van der Waals surface area contributed by atoms with E-state index in [1.807, 2.05) is 17.1 Å². The second-order valence-electron chi connectivity index (χ2n) is 5.57. The molecular formula is C15H21N3OS. The molecule has 1 saturated heterocycles. The Balaban J connectivity index is 1.48. The third-order valence-electron chi connectivity index (χ3n) is 4.08. The number of nitrogens with zero attached hydrogens (tertiary/aromatic N) is 2. The number of rotatable bonds is 3. The fourth-order valence-electron chi connectivity index (χ4n) is 2.89. The molecule has 5 heteroatoms. The normalized spacial score (nSPS) is 27.1. The van der Waals surface area contributed by atoms with Crippen LogP contribution in [0.1, 0.15) is 11.3 Å². The van der Waals surface area contributed by atoms with E-state index in [0.29, 0.717) is 0 Å². The van der Waals surface area contributed by atoms with Crippen molar-refractivity contribution in [3.05, 3.63) is 34.5 Å². The summed E-state index contributed by atoms with van der Waals surface area (Å²) in [5.74, 6) is 0.263. The van der Waals surface area contributed by atoms with Crippen LogP contribution < -0.4 is 5.73 Å². The highest BCUT2D eigenvalue weighted by molar-refractivity contribution is 7.09. The van der Waals surface area contributed by atoms with Crippen molar-refractivity contribution in [2.45, 2.75) is 19.0 Å². The standard InChI is InChI=1S/C15H21N3OS/c16-13-4-3-12(10-13)15(19)18-7-5-17(6-8-18)11-14-2-1-9-20-14/h1-4,9,12-13H,5-8,10-11,16H2. The van der Waals surface area contributed by atoms with E-state index >= 15 is 0 Å². The molecule has 20 heavy (non-hydrogen) atoms. The van der Waals surface area contributed by atoms with Crippen LogP contribution >= 0.6 is 11.3 Å². The lowest BCUT2D eigenvalue weighted by molar-refractivity contribution is -0.135. The van der Waals surface area contributed by atoms with E-state index in [-0.39, 0.29) is 17.9 Å². The van der Waals surface area contributed by atoms with Crippen molar-refractivity contribution in [2.24, 2.45) is 11.7 Å². The van der Waals surface area contributed by atoms with Crippen LogP contribution in [0.4, 0.5) is 0 Å². The average Bonchev–Trinajstić information content (AvgIpc) is 3.10. The van der Waals surface area contributed by atoms with Gasteiger partial charge in [0, 0.05) is 43.6 Å². The third-order valence-corrected chi connectivity index (χ3v) is 4.94. The SMILES string of the molecule is NC1C=CC(C(=O)N2CCN(Cc3cccs3)CC2)C1. The lowest BCUT2D eigenvalue weighted by atomic mass is 10.1. The van der Waals surface area contributed by atoms with Crippen LogP contribution in [0.3, 0.4) is 0 Å². The van der Waals surface area contributed by atoms with Gasteiger partial charge in [0.2, 0.25) is 5.91 Å². The molecule has 1 aromatic rings. The summed E-state index contributed by atoms with van der Waals surface area (Å²) in [6.07, 6.45) is 4.70. The Morgan fingerprint density at radius 2 is 2.10 bits per heavy atom. The molecule has 2 atom stereocenters. The van der Waals surface area contributed by atoms with E-state index in [9.17, 15) is 4.79 Å². The summed E-state index contributed by atoms with van der Waals surface area (Å²) in [5, 5.41) is 2.12. The zero-order chi connectivity index (χ0) is 13.9. The highest BCUT2D eigenvalue weighted by atomic mass is 32.1. The van der Waals surface area contributed by atoms with Gasteiger partial charge in [0.25, 0.3) is 0 Å². The second-order valence-corrected chi connectivity index (χ2v) is 6.60. The minimum atomic E-state index is 0.00819. The molecule has 4 nitrogen and oxygen atoms in total. The predicted molar refractivity (Wildman–Crippen MR) is 81.4 cm³/mol. The first-order chi connectivity index (χ1) is 9.72. The lowest BCUT2D eigenvalue weighted by Crippen LogP contribution is -2.49. The number of amides is 1. The van der Waals surface area contributed by atoms with Gasteiger partial charge < -0.3 is 10.6 Å². The number of thiophene rings is 1. The van der Waals surface area contributed by atoms with Crippen molar-refractivity contribution >= 4 is 17.2 Å². The van der Waals surface area contributed by atoms with Crippen LogP contribution in [-0.4, -0.2) is 47.9 Å². The summed E-state index contributed by atoms with van der Waals surface area (Å²) in [6.45, 7) is 4.61. The molecule has 0 spiro atoms. The van der Waals surface area contributed by atoms with Crippen LogP contribution in [-0.2, 0) is 11.3 Å². The summed E-state index contributed by atoms with van der Waals surface area (Å²) >= 11 is 1.80. The Morgan fingerprint density at radius 1 is 1.30 bits per heavy atom. The summed E-state index contributed by atoms with van der Waals surface area (Å²) < 4.78 is 0. The molecule has 0 radical (unpaired) electrons. The Kier molecular flexibility index (Phi) is 4.19. The topological polar surface area (TPSA) is 49.6 Å². The van der Waals surface area contributed by atoms with Crippen LogP contribution in [0, 0.1) is 5.92 Å². The van der Waals surface area contributed by atoms with E-state index < -0.39 is 0 Å². The van der Waals surface area contributed by atoms with Gasteiger partial charge >= 0.3 is 0 Å². The molecule has 0 aromatic carbocycles. The van der Waals surface area contributed by atoms with Gasteiger partial charge in [0.1, 0.15) is 0 Å². The Hall–Kier alpha value is -1.17. The highest BCUT2D eigenvalue weighted by Crippen LogP contribution is 2.20. The first kappa shape index (κ1) is 13.8. The molecule has 2 N–H and O–H groups in total. The molecule has 2 heterocycles. The van der Waals surface area contributed by atoms with Gasteiger partial charge in [-0.2, -0.15) is 0 Å². The maximum Gasteiger partial charge on any atom is 0.229 e. The highest BCUT2D eigenvalue weighted by Gasteiger charge is 2.29. The molecule has 0 bridgehead atoms. The van der Waals surface area contributed by atoms with Crippen molar-refractivity contribution in [3.63, 3.8) is 0 Å². The minimum Gasteiger partial charge on any atom is -0.340 e. The zero-order valence-electron chi connectivity index (χ0n) is 11.6. The first-order valence-electron chi connectivity index (χ1n) is 7.20. The van der Waals surface area contributed by atoms with Gasteiger partial charge in [0.05, 0.1) is 5.92 Å². The van der Waals surface area contributed by atoms with E-state index in [1.165, 1.54) is 4.88 Å². The quantitative estimate of drug-likeness (QED) is 0.854. The summed E-state index contributed by atoms with van der Waals surface area (Å²) in [5.41, 5.74) is 5.83. The molecule has 1 aromatic heterocycles. The number of hydrogen-bond acceptors (Lipinski definition) is 4. The Labute approximate surface area is 123 Å². The smallest absolute Gasteiger partial charge is 0.229 e. The number of carbonyl (C=O) groups is 1. The molecule has 3 rings (SSSR count). The minimum absolute atomic E-state index is 0.00819. The Morgan fingerprint density at radius 3 is 2.70 bits per heavy atom. The molecular weight excluding hydrogens is 270 g/mol. The molecule has 1 aliphatic heterocycles. The number of carbonyl (C=O) groups excluding carboxylic acids is 1. The molecule has 108 valence electrons. The van der Waals surface area contributed by atoms with Crippen molar-refractivity contribution in [1.82, 2.24) is 9.80 Å². The fourth-order valence-corrected chi connectivity index (χ4v) is 3.64. The fraction of sp³-hybridized carbons (Fsp3) is 0.533. The maximum absolute atomic E-state index is 12.4. The van der Waals surface area contributed by atoms with E-state index in [4.69, 9.17) is 5.73 Å². The van der Waals surface area contributed by atoms with E-state index in [2.05, 4.69) is 22.4 Å². The average molecular weight is 291 g/mol. The Bertz CT molecular complexity index is 477. The van der Waals surface area contributed by atoms with Gasteiger partial charge in [0.15, 0.2) is 0 Å². The number of hydrogen-bond donors (Lipinski definition) is 1. The zero-order valence-corrected chi connectivity index (χ0v) is 12.4. The van der Waals surface area contributed by atoms with Crippen molar-refractivity contribution < 1.29 is 4.79 Å². The third kappa shape index (κ3) is 3.11. The number of nitrogens with two attached hydrogens (primary N) is 1. The maximum atomic E-state index is 12.4.